The third kappa shape index (κ3) is 2.93. The van der Waals surface area contributed by atoms with Gasteiger partial charge >= 0.3 is 10.2 Å². The van der Waals surface area contributed by atoms with E-state index >= 15 is 0 Å². The molecule has 0 spiro atoms. The van der Waals surface area contributed by atoms with Crippen LogP contribution in [0.2, 0.25) is 0 Å². The van der Waals surface area contributed by atoms with Crippen LogP contribution in [0.5, 0.6) is 0 Å². The van der Waals surface area contributed by atoms with Gasteiger partial charge in [-0.05, 0) is 18.2 Å². The fourth-order valence-corrected chi connectivity index (χ4v) is 3.03. The van der Waals surface area contributed by atoms with E-state index in [1.54, 1.807) is 12.3 Å². The lowest BCUT2D eigenvalue weighted by molar-refractivity contribution is 0.527. The van der Waals surface area contributed by atoms with Gasteiger partial charge in [-0.15, -0.1) is 0 Å². The summed E-state index contributed by atoms with van der Waals surface area (Å²) in [4.78, 5) is 4.16. The van der Waals surface area contributed by atoms with Gasteiger partial charge in [0, 0.05) is 43.8 Å². The Morgan fingerprint density at radius 3 is 2.57 bits per heavy atom. The summed E-state index contributed by atoms with van der Waals surface area (Å²) >= 11 is 0. The van der Waals surface area contributed by atoms with Crippen molar-refractivity contribution in [2.75, 3.05) is 18.8 Å². The molecule has 0 aliphatic rings. The molecular weight excluding hydrogens is 312 g/mol. The van der Waals surface area contributed by atoms with Gasteiger partial charge in [0.1, 0.15) is 0 Å². The average Bonchev–Trinajstić information content (AvgIpc) is 2.85. The minimum absolute atomic E-state index is 0.432. The van der Waals surface area contributed by atoms with E-state index in [-0.39, 0.29) is 0 Å². The maximum Gasteiger partial charge on any atom is 0.301 e. The van der Waals surface area contributed by atoms with Gasteiger partial charge in [-0.25, -0.2) is 0 Å². The number of aryl methyl sites for hydroxylation is 1. The van der Waals surface area contributed by atoms with Gasteiger partial charge in [-0.1, -0.05) is 18.2 Å². The molecule has 0 fully saturated rings. The monoisotopic (exact) mass is 330 g/mol. The molecule has 23 heavy (non-hydrogen) atoms. The topological polar surface area (TPSA) is 67.2 Å². The maximum atomic E-state index is 11.9. The quantitative estimate of drug-likeness (QED) is 0.799. The molecule has 3 aromatic rings. The number of anilines is 1. The Kier molecular flexibility index (Phi) is 3.83. The van der Waals surface area contributed by atoms with Crippen molar-refractivity contribution in [1.82, 2.24) is 13.9 Å². The molecule has 7 heteroatoms. The highest BCUT2D eigenvalue weighted by Gasteiger charge is 2.14. The Hall–Kier alpha value is -2.38. The second kappa shape index (κ2) is 5.68. The first-order valence-electron chi connectivity index (χ1n) is 7.08. The van der Waals surface area contributed by atoms with Crippen molar-refractivity contribution in [1.29, 1.82) is 0 Å². The summed E-state index contributed by atoms with van der Waals surface area (Å²) in [5.74, 6) is 0. The van der Waals surface area contributed by atoms with E-state index in [0.29, 0.717) is 5.69 Å². The molecule has 2 heterocycles. The van der Waals surface area contributed by atoms with Gasteiger partial charge in [0.2, 0.25) is 0 Å². The van der Waals surface area contributed by atoms with Crippen molar-refractivity contribution in [2.45, 2.75) is 0 Å². The van der Waals surface area contributed by atoms with Crippen molar-refractivity contribution in [2.24, 2.45) is 7.05 Å². The Morgan fingerprint density at radius 2 is 1.87 bits per heavy atom. The second-order valence-electron chi connectivity index (χ2n) is 5.50. The van der Waals surface area contributed by atoms with E-state index < -0.39 is 10.2 Å². The summed E-state index contributed by atoms with van der Waals surface area (Å²) in [6, 6.07) is 11.9. The summed E-state index contributed by atoms with van der Waals surface area (Å²) < 4.78 is 29.6. The predicted octanol–water partition coefficient (Wildman–Crippen LogP) is 2.46. The van der Waals surface area contributed by atoms with Gasteiger partial charge in [-0.2, -0.15) is 12.7 Å². The first-order chi connectivity index (χ1) is 10.9. The van der Waals surface area contributed by atoms with Crippen LogP contribution in [0.4, 0.5) is 5.69 Å². The smallest absolute Gasteiger partial charge is 0.301 e. The predicted molar refractivity (Wildman–Crippen MR) is 92.4 cm³/mol. The molecule has 0 radical (unpaired) electrons. The first kappa shape index (κ1) is 15.5. The maximum absolute atomic E-state index is 11.9. The zero-order valence-electron chi connectivity index (χ0n) is 13.2. The molecule has 0 saturated heterocycles. The lowest BCUT2D eigenvalue weighted by Gasteiger charge is -2.13. The van der Waals surface area contributed by atoms with E-state index in [1.165, 1.54) is 20.3 Å². The highest BCUT2D eigenvalue weighted by Crippen LogP contribution is 2.28. The Morgan fingerprint density at radius 1 is 1.13 bits per heavy atom. The highest BCUT2D eigenvalue weighted by molar-refractivity contribution is 7.90. The summed E-state index contributed by atoms with van der Waals surface area (Å²) in [6.45, 7) is 0. The van der Waals surface area contributed by atoms with Crippen LogP contribution in [0.3, 0.4) is 0 Å². The van der Waals surface area contributed by atoms with Crippen LogP contribution in [0, 0.1) is 0 Å². The number of para-hydroxylation sites is 1. The van der Waals surface area contributed by atoms with E-state index in [2.05, 4.69) is 20.3 Å². The van der Waals surface area contributed by atoms with Gasteiger partial charge in [0.15, 0.2) is 0 Å². The average molecular weight is 330 g/mol. The molecule has 1 aromatic carbocycles. The third-order valence-corrected chi connectivity index (χ3v) is 5.17. The molecule has 0 atom stereocenters. The Balaban J connectivity index is 2.04. The molecule has 1 N–H and O–H groups in total. The SMILES string of the molecule is CN(C)S(=O)(=O)Nc1cncc(-c2cc3ccccc3n2C)c1. The minimum Gasteiger partial charge on any atom is -0.344 e. The largest absolute Gasteiger partial charge is 0.344 e. The molecule has 0 saturated carbocycles. The molecule has 0 unspecified atom stereocenters. The molecule has 2 aromatic heterocycles. The van der Waals surface area contributed by atoms with Crippen molar-refractivity contribution < 1.29 is 8.42 Å². The van der Waals surface area contributed by atoms with Crippen LogP contribution in [-0.4, -0.2) is 36.4 Å². The van der Waals surface area contributed by atoms with E-state index in [0.717, 1.165) is 26.5 Å². The van der Waals surface area contributed by atoms with Crippen molar-refractivity contribution in [3.05, 3.63) is 48.8 Å². The van der Waals surface area contributed by atoms with Crippen LogP contribution < -0.4 is 4.72 Å². The van der Waals surface area contributed by atoms with Crippen LogP contribution in [0.25, 0.3) is 22.2 Å². The van der Waals surface area contributed by atoms with Gasteiger partial charge in [0.25, 0.3) is 0 Å². The Bertz CT molecular complexity index is 961. The molecule has 0 aliphatic heterocycles. The molecular formula is C16H18N4O2S. The van der Waals surface area contributed by atoms with E-state index in [9.17, 15) is 8.42 Å². The van der Waals surface area contributed by atoms with Crippen molar-refractivity contribution in [3.63, 3.8) is 0 Å². The molecule has 120 valence electrons. The van der Waals surface area contributed by atoms with Gasteiger partial charge in [0.05, 0.1) is 17.6 Å². The number of fused-ring (bicyclic) bond motifs is 1. The van der Waals surface area contributed by atoms with Crippen LogP contribution >= 0.6 is 0 Å². The zero-order chi connectivity index (χ0) is 16.6. The van der Waals surface area contributed by atoms with E-state index in [4.69, 9.17) is 0 Å². The molecule has 0 aliphatic carbocycles. The number of hydrogen-bond donors (Lipinski definition) is 1. The van der Waals surface area contributed by atoms with Gasteiger partial charge in [-0.3, -0.25) is 9.71 Å². The fourth-order valence-electron chi connectivity index (χ4n) is 2.44. The highest BCUT2D eigenvalue weighted by atomic mass is 32.2. The number of hydrogen-bond acceptors (Lipinski definition) is 3. The lowest BCUT2D eigenvalue weighted by atomic mass is 10.2. The van der Waals surface area contributed by atoms with Crippen LogP contribution in [0.1, 0.15) is 0 Å². The lowest BCUT2D eigenvalue weighted by Crippen LogP contribution is -2.28. The number of nitrogens with zero attached hydrogens (tertiary/aromatic N) is 3. The second-order valence-corrected chi connectivity index (χ2v) is 7.38. The molecule has 3 rings (SSSR count). The Labute approximate surface area is 135 Å². The van der Waals surface area contributed by atoms with Crippen molar-refractivity contribution in [3.8, 4) is 11.3 Å². The summed E-state index contributed by atoms with van der Waals surface area (Å²) in [6.07, 6.45) is 3.22. The summed E-state index contributed by atoms with van der Waals surface area (Å²) in [5.41, 5.74) is 3.37. The zero-order valence-corrected chi connectivity index (χ0v) is 14.0. The third-order valence-electron chi connectivity index (χ3n) is 3.71. The van der Waals surface area contributed by atoms with Crippen LogP contribution in [0.15, 0.2) is 48.8 Å². The van der Waals surface area contributed by atoms with Crippen molar-refractivity contribution >= 4 is 26.8 Å². The molecule has 0 amide bonds. The normalized spacial score (nSPS) is 12.0. The number of aromatic nitrogens is 2. The summed E-state index contributed by atoms with van der Waals surface area (Å²) in [5, 5.41) is 1.13. The molecule has 0 bridgehead atoms. The minimum atomic E-state index is -3.55. The number of pyridine rings is 1. The number of benzene rings is 1. The number of nitrogens with one attached hydrogen (secondary N) is 1. The standard InChI is InChI=1S/C16H18N4O2S/c1-19(2)23(21,22)18-14-8-13(10-17-11-14)16-9-12-6-4-5-7-15(12)20(16)3/h4-11,18H,1-3H3. The van der Waals surface area contributed by atoms with Crippen LogP contribution in [-0.2, 0) is 17.3 Å². The first-order valence-corrected chi connectivity index (χ1v) is 8.52. The number of rotatable bonds is 4. The fraction of sp³-hybridized carbons (Fsp3) is 0.188. The van der Waals surface area contributed by atoms with E-state index in [1.807, 2.05) is 31.3 Å². The summed E-state index contributed by atoms with van der Waals surface area (Å²) in [7, 11) is 1.38. The molecule has 6 nitrogen and oxygen atoms in total. The van der Waals surface area contributed by atoms with Gasteiger partial charge < -0.3 is 4.57 Å².